The molecular weight excluding hydrogens is 1180 g/mol. The van der Waals surface area contributed by atoms with Crippen molar-refractivity contribution in [2.45, 2.75) is 18.9 Å². The summed E-state index contributed by atoms with van der Waals surface area (Å²) in [6.45, 7) is 10.2. The Hall–Kier alpha value is -10.7. The van der Waals surface area contributed by atoms with Gasteiger partial charge >= 0.3 is 0 Å². The molecule has 12 heterocycles. The van der Waals surface area contributed by atoms with Gasteiger partial charge in [0.25, 0.3) is 0 Å². The summed E-state index contributed by atoms with van der Waals surface area (Å²) in [4.78, 5) is 45.0. The molecule has 3 aliphatic heterocycles. The first-order chi connectivity index (χ1) is 46.1. The number of nitrogens with one attached hydrogen (secondary N) is 1. The molecule has 0 bridgehead atoms. The van der Waals surface area contributed by atoms with E-state index >= 15 is 0 Å². The first-order valence-corrected chi connectivity index (χ1v) is 31.7. The van der Waals surface area contributed by atoms with Crippen molar-refractivity contribution >= 4 is 11.6 Å². The molecule has 18 heteroatoms. The minimum atomic E-state index is -0.283. The number of aromatic nitrogens is 10. The molecule has 0 unspecified atom stereocenters. The molecule has 94 heavy (non-hydrogen) atoms. The van der Waals surface area contributed by atoms with E-state index in [4.69, 9.17) is 4.98 Å². The third-order valence-electron chi connectivity index (χ3n) is 17.4. The zero-order chi connectivity index (χ0) is 64.2. The van der Waals surface area contributed by atoms with Crippen LogP contribution < -0.4 is 15.1 Å². The number of rotatable bonds is 12. The maximum atomic E-state index is 14.2. The van der Waals surface area contributed by atoms with E-state index in [1.807, 2.05) is 110 Å². The van der Waals surface area contributed by atoms with E-state index in [2.05, 4.69) is 132 Å². The summed E-state index contributed by atoms with van der Waals surface area (Å²) in [6.07, 6.45) is 26.2. The minimum absolute atomic E-state index is 0.277. The monoisotopic (exact) mass is 1250 g/mol. The van der Waals surface area contributed by atoms with Gasteiger partial charge in [-0.1, -0.05) is 36.4 Å². The van der Waals surface area contributed by atoms with Crippen LogP contribution in [-0.2, 0) is 0 Å². The van der Waals surface area contributed by atoms with Crippen LogP contribution in [0.25, 0.3) is 101 Å². The predicted octanol–water partition coefficient (Wildman–Crippen LogP) is 14.3. The highest BCUT2D eigenvalue weighted by atomic mass is 19.1. The standard InChI is InChI=1S/C26H24FN5.C25H24FN5.C25H22FN5/c1-31-10-12-32(13-11-31)26-7-6-20(18-30-26)22-14-21(16-28-17-22)19-8-9-29-25(15-19)23-4-2-3-5-24(23)27;1-30-10-7-22(8-11-30)31-17-21(16-29-31)20-12-19(14-27-15-20)18-6-9-28-25(13-18)23-4-2-3-5-24(23)26;26-23-4-2-1-3-22(23)24-14-18(7-8-29-24)20-13-21(16-28-15-20)19-5-6-25(30-17-19)31-11-9-27-10-12-31/h2-9,14-18H,10-13H2,1H3;2-6,9,12-17,22H,7-8,10-11H2,1H3;1-8,13-17,27H,9-12H2. The third-order valence-corrected chi connectivity index (χ3v) is 17.4. The summed E-state index contributed by atoms with van der Waals surface area (Å²) < 4.78 is 44.7. The quantitative estimate of drug-likeness (QED) is 0.124. The van der Waals surface area contributed by atoms with E-state index in [1.165, 1.54) is 18.2 Å². The average Bonchev–Trinajstić information content (AvgIpc) is 1.55. The first-order valence-electron chi connectivity index (χ1n) is 31.7. The van der Waals surface area contributed by atoms with E-state index in [0.29, 0.717) is 39.8 Å². The number of hydrogen-bond acceptors (Lipinski definition) is 14. The van der Waals surface area contributed by atoms with Crippen molar-refractivity contribution in [3.05, 3.63) is 250 Å². The lowest BCUT2D eigenvalue weighted by molar-refractivity contribution is 0.212. The molecule has 0 atom stereocenters. The van der Waals surface area contributed by atoms with Crippen molar-refractivity contribution < 1.29 is 13.2 Å². The van der Waals surface area contributed by atoms with Gasteiger partial charge in [0.05, 0.1) is 29.3 Å². The van der Waals surface area contributed by atoms with Gasteiger partial charge in [-0.25, -0.2) is 23.1 Å². The number of anilines is 2. The lowest BCUT2D eigenvalue weighted by atomic mass is 10.0. The average molecular weight is 1250 g/mol. The Morgan fingerprint density at radius 2 is 0.734 bits per heavy atom. The zero-order valence-corrected chi connectivity index (χ0v) is 52.4. The van der Waals surface area contributed by atoms with Crippen LogP contribution in [0.15, 0.2) is 232 Å². The lowest BCUT2D eigenvalue weighted by Crippen LogP contribution is -2.44. The molecule has 3 saturated heterocycles. The van der Waals surface area contributed by atoms with Crippen LogP contribution in [0.4, 0.5) is 24.8 Å². The predicted molar refractivity (Wildman–Crippen MR) is 367 cm³/mol. The number of likely N-dealkylation sites (tertiary alicyclic amines) is 1. The van der Waals surface area contributed by atoms with Gasteiger partial charge in [-0.05, 0) is 172 Å². The number of piperazine rings is 2. The van der Waals surface area contributed by atoms with Gasteiger partial charge in [0.15, 0.2) is 0 Å². The summed E-state index contributed by atoms with van der Waals surface area (Å²) in [5, 5.41) is 7.98. The van der Waals surface area contributed by atoms with Gasteiger partial charge in [0.2, 0.25) is 0 Å². The van der Waals surface area contributed by atoms with Crippen molar-refractivity contribution in [3.8, 4) is 101 Å². The molecule has 470 valence electrons. The Labute approximate surface area is 545 Å². The van der Waals surface area contributed by atoms with E-state index in [1.54, 1.807) is 55.0 Å². The molecule has 12 aromatic rings. The molecule has 3 fully saturated rings. The van der Waals surface area contributed by atoms with Crippen LogP contribution in [0.1, 0.15) is 18.9 Å². The Bertz CT molecular complexity index is 4500. The highest BCUT2D eigenvalue weighted by molar-refractivity contribution is 5.78. The Morgan fingerprint density at radius 3 is 1.14 bits per heavy atom. The van der Waals surface area contributed by atoms with E-state index in [-0.39, 0.29) is 17.5 Å². The fraction of sp³-hybridized carbons (Fsp3) is 0.197. The molecule has 0 radical (unpaired) electrons. The molecule has 0 saturated carbocycles. The summed E-state index contributed by atoms with van der Waals surface area (Å²) in [5.74, 6) is 1.17. The second kappa shape index (κ2) is 29.3. The van der Waals surface area contributed by atoms with Crippen LogP contribution in [0.5, 0.6) is 0 Å². The highest BCUT2D eigenvalue weighted by Crippen LogP contribution is 2.34. The van der Waals surface area contributed by atoms with Gasteiger partial charge in [0.1, 0.15) is 29.1 Å². The van der Waals surface area contributed by atoms with Crippen molar-refractivity contribution in [1.82, 2.24) is 64.8 Å². The van der Waals surface area contributed by atoms with Gasteiger partial charge in [0, 0.05) is 193 Å². The fourth-order valence-electron chi connectivity index (χ4n) is 11.9. The molecule has 3 aliphatic rings. The Morgan fingerprint density at radius 1 is 0.351 bits per heavy atom. The van der Waals surface area contributed by atoms with Crippen molar-refractivity contribution in [1.29, 1.82) is 0 Å². The first kappa shape index (κ1) is 62.2. The second-order valence-electron chi connectivity index (χ2n) is 23.7. The fourth-order valence-corrected chi connectivity index (χ4v) is 11.9. The lowest BCUT2D eigenvalue weighted by Gasteiger charge is -2.33. The molecule has 9 aromatic heterocycles. The van der Waals surface area contributed by atoms with Crippen LogP contribution in [0, 0.1) is 17.5 Å². The molecule has 15 nitrogen and oxygen atoms in total. The summed E-state index contributed by atoms with van der Waals surface area (Å²) >= 11 is 0. The van der Waals surface area contributed by atoms with Gasteiger partial charge in [-0.2, -0.15) is 5.10 Å². The van der Waals surface area contributed by atoms with Gasteiger partial charge in [-0.3, -0.25) is 34.6 Å². The number of piperidine rings is 1. The number of nitrogens with zero attached hydrogens (tertiary/aromatic N) is 14. The zero-order valence-electron chi connectivity index (χ0n) is 52.4. The van der Waals surface area contributed by atoms with Crippen LogP contribution in [0.2, 0.25) is 0 Å². The summed E-state index contributed by atoms with van der Waals surface area (Å²) in [6, 6.07) is 46.5. The van der Waals surface area contributed by atoms with Gasteiger partial charge in [-0.15, -0.1) is 0 Å². The van der Waals surface area contributed by atoms with Gasteiger partial charge < -0.3 is 24.9 Å². The second-order valence-corrected chi connectivity index (χ2v) is 23.7. The third kappa shape index (κ3) is 15.0. The number of hydrogen-bond donors (Lipinski definition) is 1. The Balaban J connectivity index is 0.000000128. The summed E-state index contributed by atoms with van der Waals surface area (Å²) in [7, 11) is 4.31. The van der Waals surface area contributed by atoms with Crippen LogP contribution in [-0.4, -0.2) is 139 Å². The van der Waals surface area contributed by atoms with Crippen LogP contribution >= 0.6 is 0 Å². The maximum absolute atomic E-state index is 14.2. The molecule has 0 aliphatic carbocycles. The van der Waals surface area contributed by atoms with Crippen molar-refractivity contribution in [2.24, 2.45) is 0 Å². The number of benzene rings is 3. The van der Waals surface area contributed by atoms with Crippen molar-refractivity contribution in [2.75, 3.05) is 89.3 Å². The molecule has 3 aromatic carbocycles. The van der Waals surface area contributed by atoms with E-state index in [0.717, 1.165) is 157 Å². The molecule has 0 amide bonds. The van der Waals surface area contributed by atoms with Crippen molar-refractivity contribution in [3.63, 3.8) is 0 Å². The maximum Gasteiger partial charge on any atom is 0.132 e. The molecular formula is C76H70F3N15. The highest BCUT2D eigenvalue weighted by Gasteiger charge is 2.21. The van der Waals surface area contributed by atoms with E-state index < -0.39 is 0 Å². The smallest absolute Gasteiger partial charge is 0.132 e. The molecule has 1 N–H and O–H groups in total. The number of likely N-dealkylation sites (N-methyl/N-ethyl adjacent to an activating group) is 1. The topological polar surface area (TPSA) is 146 Å². The summed E-state index contributed by atoms with van der Waals surface area (Å²) in [5.41, 5.74) is 15.0. The van der Waals surface area contributed by atoms with Crippen LogP contribution in [0.3, 0.4) is 0 Å². The Kier molecular flexibility index (Phi) is 19.4. The number of pyridine rings is 8. The molecule has 15 rings (SSSR count). The normalized spacial score (nSPS) is 14.6. The molecule has 0 spiro atoms. The SMILES string of the molecule is CN1CCC(n2cc(-c3cncc(-c4ccnc(-c5ccccc5F)c4)c3)cn2)CC1.CN1CCN(c2ccc(-c3cncc(-c4ccnc(-c5ccccc5F)c4)c3)cn2)CC1.Fc1ccccc1-c1cc(-c2cncc(-c3ccc(N4CCNCC4)nc3)c2)ccn1. The van der Waals surface area contributed by atoms with E-state index in [9.17, 15) is 13.2 Å². The number of halogens is 3. The largest absolute Gasteiger partial charge is 0.354 e. The minimum Gasteiger partial charge on any atom is -0.354 e.